The van der Waals surface area contributed by atoms with E-state index in [1.54, 1.807) is 15.5 Å². The third-order valence-electron chi connectivity index (χ3n) is 5.10. The van der Waals surface area contributed by atoms with Crippen molar-refractivity contribution in [3.05, 3.63) is 35.9 Å². The maximum atomic E-state index is 13.1. The van der Waals surface area contributed by atoms with E-state index in [2.05, 4.69) is 16.8 Å². The summed E-state index contributed by atoms with van der Waals surface area (Å²) in [6.45, 7) is 11.4. The van der Waals surface area contributed by atoms with Crippen LogP contribution in [0.3, 0.4) is 0 Å². The summed E-state index contributed by atoms with van der Waals surface area (Å²) >= 11 is 0. The van der Waals surface area contributed by atoms with E-state index in [4.69, 9.17) is 0 Å². The van der Waals surface area contributed by atoms with Crippen molar-refractivity contribution in [3.8, 4) is 0 Å². The molecule has 2 amide bonds. The minimum Gasteiger partial charge on any atom is -0.338 e. The van der Waals surface area contributed by atoms with Crippen molar-refractivity contribution < 1.29 is 9.59 Å². The van der Waals surface area contributed by atoms with Crippen molar-refractivity contribution in [2.75, 3.05) is 45.8 Å². The van der Waals surface area contributed by atoms with Crippen molar-refractivity contribution >= 4 is 17.3 Å². The normalized spacial score (nSPS) is 15.4. The van der Waals surface area contributed by atoms with Gasteiger partial charge in [0.2, 0.25) is 5.82 Å². The van der Waals surface area contributed by atoms with Crippen LogP contribution in [0.4, 0.5) is 0 Å². The molecule has 7 heteroatoms. The third-order valence-corrected chi connectivity index (χ3v) is 5.10. The number of imidazole rings is 1. The Morgan fingerprint density at radius 2 is 1.77 bits per heavy atom. The summed E-state index contributed by atoms with van der Waals surface area (Å²) in [7, 11) is 0. The average molecular weight is 357 g/mol. The Labute approximate surface area is 154 Å². The van der Waals surface area contributed by atoms with Crippen LogP contribution in [0.1, 0.15) is 41.9 Å². The molecule has 140 valence electrons. The molecule has 0 saturated carbocycles. The Morgan fingerprint density at radius 3 is 2.38 bits per heavy atom. The highest BCUT2D eigenvalue weighted by Gasteiger charge is 2.28. The van der Waals surface area contributed by atoms with E-state index in [9.17, 15) is 9.59 Å². The highest BCUT2D eigenvalue weighted by atomic mass is 16.2. The molecule has 2 aromatic heterocycles. The van der Waals surface area contributed by atoms with E-state index in [1.807, 2.05) is 36.9 Å². The lowest BCUT2D eigenvalue weighted by Crippen LogP contribution is -2.48. The number of hydrogen-bond donors (Lipinski definition) is 0. The first kappa shape index (κ1) is 18.4. The number of rotatable bonds is 5. The van der Waals surface area contributed by atoms with Gasteiger partial charge >= 0.3 is 0 Å². The number of likely N-dealkylation sites (N-methyl/N-ethyl adjacent to an activating group) is 1. The highest BCUT2D eigenvalue weighted by molar-refractivity contribution is 6.02. The monoisotopic (exact) mass is 357 g/mol. The average Bonchev–Trinajstić information content (AvgIpc) is 3.08. The van der Waals surface area contributed by atoms with Gasteiger partial charge in [-0.05, 0) is 32.5 Å². The van der Waals surface area contributed by atoms with Gasteiger partial charge in [0, 0.05) is 45.5 Å². The fourth-order valence-electron chi connectivity index (χ4n) is 3.42. The first-order valence-electron chi connectivity index (χ1n) is 9.38. The molecule has 0 bridgehead atoms. The molecule has 0 N–H and O–H groups in total. The summed E-state index contributed by atoms with van der Waals surface area (Å²) in [6.07, 6.45) is 1.80. The Bertz CT molecular complexity index is 788. The molecule has 2 aromatic rings. The lowest BCUT2D eigenvalue weighted by molar-refractivity contribution is 0.0630. The minimum atomic E-state index is -0.131. The first-order chi connectivity index (χ1) is 12.6. The number of aromatic nitrogens is 2. The van der Waals surface area contributed by atoms with E-state index in [-0.39, 0.29) is 11.8 Å². The number of piperazine rings is 1. The predicted octanol–water partition coefficient (Wildman–Crippen LogP) is 1.59. The fourth-order valence-corrected chi connectivity index (χ4v) is 3.42. The molecular weight excluding hydrogens is 330 g/mol. The largest absolute Gasteiger partial charge is 0.338 e. The van der Waals surface area contributed by atoms with Crippen LogP contribution in [0.15, 0.2) is 24.4 Å². The van der Waals surface area contributed by atoms with Gasteiger partial charge < -0.3 is 14.7 Å². The standard InChI is InChI=1S/C19H27N5O2/c1-4-21-11-13-23(14-12-21)19(26)17-20-16(18(25)22(5-2)6-3)15-9-7-8-10-24(15)17/h7-10H,4-6,11-14H2,1-3H3. The zero-order chi connectivity index (χ0) is 18.7. The molecule has 0 spiro atoms. The molecule has 0 aromatic carbocycles. The number of pyridine rings is 1. The second kappa shape index (κ2) is 7.86. The number of carbonyl (C=O) groups excluding carboxylic acids is 2. The molecular formula is C19H27N5O2. The van der Waals surface area contributed by atoms with Gasteiger partial charge in [0.1, 0.15) is 0 Å². The zero-order valence-corrected chi connectivity index (χ0v) is 15.8. The number of amides is 2. The summed E-state index contributed by atoms with van der Waals surface area (Å²) < 4.78 is 1.74. The zero-order valence-electron chi connectivity index (χ0n) is 15.8. The molecule has 1 saturated heterocycles. The number of nitrogens with zero attached hydrogens (tertiary/aromatic N) is 5. The van der Waals surface area contributed by atoms with Gasteiger partial charge in [-0.2, -0.15) is 0 Å². The minimum absolute atomic E-state index is 0.111. The SMILES string of the molecule is CCN1CCN(C(=O)c2nc(C(=O)N(CC)CC)c3ccccn23)CC1. The van der Waals surface area contributed by atoms with E-state index in [0.717, 1.165) is 19.6 Å². The lowest BCUT2D eigenvalue weighted by Gasteiger charge is -2.33. The molecule has 1 aliphatic rings. The third kappa shape index (κ3) is 3.31. The second-order valence-corrected chi connectivity index (χ2v) is 6.44. The lowest BCUT2D eigenvalue weighted by atomic mass is 10.3. The van der Waals surface area contributed by atoms with Gasteiger partial charge in [0.25, 0.3) is 11.8 Å². The summed E-state index contributed by atoms with van der Waals surface area (Å²) in [5.41, 5.74) is 1.03. The Morgan fingerprint density at radius 1 is 1.08 bits per heavy atom. The molecule has 0 radical (unpaired) electrons. The van der Waals surface area contributed by atoms with Gasteiger partial charge in [-0.25, -0.2) is 4.98 Å². The van der Waals surface area contributed by atoms with Gasteiger partial charge in [0.05, 0.1) is 5.52 Å². The van der Waals surface area contributed by atoms with E-state index < -0.39 is 0 Å². The van der Waals surface area contributed by atoms with Crippen LogP contribution in [-0.2, 0) is 0 Å². The molecule has 0 aliphatic carbocycles. The Balaban J connectivity index is 1.94. The first-order valence-corrected chi connectivity index (χ1v) is 9.38. The maximum absolute atomic E-state index is 13.1. The van der Waals surface area contributed by atoms with Gasteiger partial charge in [0.15, 0.2) is 5.69 Å². The van der Waals surface area contributed by atoms with Crippen LogP contribution in [0.5, 0.6) is 0 Å². The van der Waals surface area contributed by atoms with Gasteiger partial charge in [-0.15, -0.1) is 0 Å². The second-order valence-electron chi connectivity index (χ2n) is 6.44. The number of carbonyl (C=O) groups is 2. The molecule has 0 atom stereocenters. The molecule has 1 aliphatic heterocycles. The van der Waals surface area contributed by atoms with Crippen LogP contribution in [-0.4, -0.2) is 81.7 Å². The molecule has 26 heavy (non-hydrogen) atoms. The summed E-state index contributed by atoms with van der Waals surface area (Å²) in [5.74, 6) is 0.0788. The smallest absolute Gasteiger partial charge is 0.290 e. The topological polar surface area (TPSA) is 61.2 Å². The summed E-state index contributed by atoms with van der Waals surface area (Å²) in [6, 6.07) is 5.56. The van der Waals surface area contributed by atoms with E-state index >= 15 is 0 Å². The van der Waals surface area contributed by atoms with Gasteiger partial charge in [-0.1, -0.05) is 13.0 Å². The predicted molar refractivity (Wildman–Crippen MR) is 100 cm³/mol. The van der Waals surface area contributed by atoms with Crippen molar-refractivity contribution in [1.29, 1.82) is 0 Å². The summed E-state index contributed by atoms with van der Waals surface area (Å²) in [4.78, 5) is 36.3. The molecule has 1 fully saturated rings. The van der Waals surface area contributed by atoms with E-state index in [0.29, 0.717) is 43.2 Å². The van der Waals surface area contributed by atoms with Gasteiger partial charge in [-0.3, -0.25) is 14.0 Å². The van der Waals surface area contributed by atoms with Crippen molar-refractivity contribution in [2.45, 2.75) is 20.8 Å². The van der Waals surface area contributed by atoms with Crippen LogP contribution < -0.4 is 0 Å². The fraction of sp³-hybridized carbons (Fsp3) is 0.526. The quantitative estimate of drug-likeness (QED) is 0.815. The van der Waals surface area contributed by atoms with Crippen LogP contribution in [0.2, 0.25) is 0 Å². The van der Waals surface area contributed by atoms with Crippen LogP contribution >= 0.6 is 0 Å². The maximum Gasteiger partial charge on any atom is 0.290 e. The summed E-state index contributed by atoms with van der Waals surface area (Å²) in [5, 5.41) is 0. The van der Waals surface area contributed by atoms with Crippen LogP contribution in [0, 0.1) is 0 Å². The van der Waals surface area contributed by atoms with Crippen LogP contribution in [0.25, 0.3) is 5.52 Å². The van der Waals surface area contributed by atoms with Crippen molar-refractivity contribution in [3.63, 3.8) is 0 Å². The highest BCUT2D eigenvalue weighted by Crippen LogP contribution is 2.17. The molecule has 3 rings (SSSR count). The van der Waals surface area contributed by atoms with Crippen molar-refractivity contribution in [2.24, 2.45) is 0 Å². The molecule has 7 nitrogen and oxygen atoms in total. The Kier molecular flexibility index (Phi) is 5.56. The van der Waals surface area contributed by atoms with E-state index in [1.165, 1.54) is 0 Å². The number of fused-ring (bicyclic) bond motifs is 1. The Hall–Kier alpha value is -2.41. The number of hydrogen-bond acceptors (Lipinski definition) is 4. The van der Waals surface area contributed by atoms with Crippen molar-refractivity contribution in [1.82, 2.24) is 24.1 Å². The molecule has 0 unspecified atom stereocenters. The molecule has 3 heterocycles.